The molecule has 0 radical (unpaired) electrons. The zero-order valence-electron chi connectivity index (χ0n) is 19.6. The molecule has 3 aromatic rings. The molecule has 6 heteroatoms. The number of furan rings is 1. The number of aromatic nitrogens is 1. The number of benzene rings is 1. The van der Waals surface area contributed by atoms with Gasteiger partial charge in [0.25, 0.3) is 0 Å². The van der Waals surface area contributed by atoms with Gasteiger partial charge in [-0.2, -0.15) is 0 Å². The van der Waals surface area contributed by atoms with Crippen molar-refractivity contribution in [3.8, 4) is 5.75 Å². The van der Waals surface area contributed by atoms with Crippen LogP contribution in [-0.4, -0.2) is 47.0 Å². The Morgan fingerprint density at radius 2 is 2.00 bits per heavy atom. The maximum absolute atomic E-state index is 10.8. The van der Waals surface area contributed by atoms with E-state index in [9.17, 15) is 5.11 Å². The van der Waals surface area contributed by atoms with Crippen molar-refractivity contribution in [1.29, 1.82) is 0 Å². The van der Waals surface area contributed by atoms with Gasteiger partial charge in [-0.3, -0.25) is 4.90 Å². The molecule has 1 saturated carbocycles. The van der Waals surface area contributed by atoms with E-state index in [0.29, 0.717) is 25.8 Å². The van der Waals surface area contributed by atoms with Gasteiger partial charge in [-0.1, -0.05) is 31.4 Å². The Morgan fingerprint density at radius 3 is 2.79 bits per heavy atom. The number of hydrogen-bond donors (Lipinski definition) is 1. The number of methoxy groups -OCH3 is 1. The highest BCUT2D eigenvalue weighted by atomic mass is 16.5. The molecule has 1 fully saturated rings. The van der Waals surface area contributed by atoms with Crippen molar-refractivity contribution < 1.29 is 19.0 Å². The van der Waals surface area contributed by atoms with Crippen LogP contribution in [0.3, 0.4) is 0 Å². The Kier molecular flexibility index (Phi) is 8.64. The van der Waals surface area contributed by atoms with Crippen LogP contribution in [0.5, 0.6) is 5.75 Å². The first kappa shape index (κ1) is 23.6. The lowest BCUT2D eigenvalue weighted by Gasteiger charge is -2.35. The lowest BCUT2D eigenvalue weighted by atomic mass is 9.94. The number of aliphatic hydroxyl groups is 1. The van der Waals surface area contributed by atoms with E-state index in [1.54, 1.807) is 13.4 Å². The molecule has 1 aromatic carbocycles. The van der Waals surface area contributed by atoms with Gasteiger partial charge in [-0.15, -0.1) is 0 Å². The summed E-state index contributed by atoms with van der Waals surface area (Å²) in [6.45, 7) is 2.91. The molecular formula is C27H36N2O4. The fourth-order valence-corrected chi connectivity index (χ4v) is 4.73. The van der Waals surface area contributed by atoms with Gasteiger partial charge in [-0.05, 0) is 54.8 Å². The van der Waals surface area contributed by atoms with Crippen molar-refractivity contribution in [1.82, 2.24) is 9.47 Å². The standard InChI is InChI=1S/C27H36N2O4/c1-31-26-12-5-8-22(16-26)17-28-14-6-11-24(28)18-29(23-9-3-2-4-10-23)19-25(30)20-32-21-27-13-7-15-33-27/h5-8,11-16,23,25,30H,2-4,9-10,17-21H2,1H3. The lowest BCUT2D eigenvalue weighted by Crippen LogP contribution is -2.42. The van der Waals surface area contributed by atoms with Crippen LogP contribution in [0.2, 0.25) is 0 Å². The molecule has 0 amide bonds. The average Bonchev–Trinajstić information content (AvgIpc) is 3.52. The Bertz CT molecular complexity index is 947. The minimum Gasteiger partial charge on any atom is -0.497 e. The summed E-state index contributed by atoms with van der Waals surface area (Å²) in [6, 6.07) is 16.8. The summed E-state index contributed by atoms with van der Waals surface area (Å²) in [4.78, 5) is 2.46. The molecular weight excluding hydrogens is 416 g/mol. The van der Waals surface area contributed by atoms with E-state index >= 15 is 0 Å². The summed E-state index contributed by atoms with van der Waals surface area (Å²) in [7, 11) is 1.70. The monoisotopic (exact) mass is 452 g/mol. The second-order valence-electron chi connectivity index (χ2n) is 8.95. The highest BCUT2D eigenvalue weighted by Crippen LogP contribution is 2.25. The van der Waals surface area contributed by atoms with E-state index in [-0.39, 0.29) is 0 Å². The first-order valence-corrected chi connectivity index (χ1v) is 12.0. The topological polar surface area (TPSA) is 60.0 Å². The molecule has 1 atom stereocenters. The third kappa shape index (κ3) is 6.97. The van der Waals surface area contributed by atoms with Crippen LogP contribution in [0.15, 0.2) is 65.4 Å². The van der Waals surface area contributed by atoms with E-state index in [0.717, 1.165) is 24.6 Å². The molecule has 2 heterocycles. The van der Waals surface area contributed by atoms with Crippen LogP contribution in [0, 0.1) is 0 Å². The first-order chi connectivity index (χ1) is 16.2. The van der Waals surface area contributed by atoms with Gasteiger partial charge < -0.3 is 23.6 Å². The summed E-state index contributed by atoms with van der Waals surface area (Å²) < 4.78 is 18.7. The van der Waals surface area contributed by atoms with Gasteiger partial charge in [0.15, 0.2) is 0 Å². The van der Waals surface area contributed by atoms with Crippen molar-refractivity contribution in [3.05, 3.63) is 78.0 Å². The Labute approximate surface area is 196 Å². The normalized spacial score (nSPS) is 15.7. The Morgan fingerprint density at radius 1 is 1.12 bits per heavy atom. The Hall–Kier alpha value is -2.54. The van der Waals surface area contributed by atoms with Crippen LogP contribution in [0.4, 0.5) is 0 Å². The molecule has 0 saturated heterocycles. The third-order valence-corrected chi connectivity index (χ3v) is 6.45. The van der Waals surface area contributed by atoms with E-state index < -0.39 is 6.10 Å². The number of ether oxygens (including phenoxy) is 2. The van der Waals surface area contributed by atoms with E-state index in [1.807, 2.05) is 24.3 Å². The quantitative estimate of drug-likeness (QED) is 0.426. The van der Waals surface area contributed by atoms with Crippen molar-refractivity contribution in [3.63, 3.8) is 0 Å². The van der Waals surface area contributed by atoms with Crippen molar-refractivity contribution in [2.45, 2.75) is 63.9 Å². The molecule has 4 rings (SSSR count). The zero-order chi connectivity index (χ0) is 22.9. The molecule has 0 spiro atoms. The highest BCUT2D eigenvalue weighted by molar-refractivity contribution is 5.29. The SMILES string of the molecule is COc1cccc(Cn2cccc2CN(CC(O)COCc2ccco2)C2CCCCC2)c1. The summed E-state index contributed by atoms with van der Waals surface area (Å²) >= 11 is 0. The summed E-state index contributed by atoms with van der Waals surface area (Å²) in [6.07, 6.45) is 9.45. The number of nitrogens with zero attached hydrogens (tertiary/aromatic N) is 2. The predicted octanol–water partition coefficient (Wildman–Crippen LogP) is 4.85. The number of rotatable bonds is 12. The van der Waals surface area contributed by atoms with E-state index in [4.69, 9.17) is 13.9 Å². The average molecular weight is 453 g/mol. The lowest BCUT2D eigenvalue weighted by molar-refractivity contribution is -0.00758. The fraction of sp³-hybridized carbons (Fsp3) is 0.481. The largest absolute Gasteiger partial charge is 0.497 e. The van der Waals surface area contributed by atoms with E-state index in [1.165, 1.54) is 43.4 Å². The number of hydrogen-bond acceptors (Lipinski definition) is 5. The van der Waals surface area contributed by atoms with Gasteiger partial charge in [0.2, 0.25) is 0 Å². The molecule has 0 bridgehead atoms. The first-order valence-electron chi connectivity index (χ1n) is 12.0. The second-order valence-corrected chi connectivity index (χ2v) is 8.95. The zero-order valence-corrected chi connectivity index (χ0v) is 19.6. The molecule has 0 aliphatic heterocycles. The third-order valence-electron chi connectivity index (χ3n) is 6.45. The summed E-state index contributed by atoms with van der Waals surface area (Å²) in [5.41, 5.74) is 2.47. The maximum atomic E-state index is 10.8. The molecule has 6 nitrogen and oxygen atoms in total. The molecule has 1 N–H and O–H groups in total. The molecule has 1 aliphatic carbocycles. The molecule has 1 aliphatic rings. The summed E-state index contributed by atoms with van der Waals surface area (Å²) in [5, 5.41) is 10.8. The van der Waals surface area contributed by atoms with Gasteiger partial charge in [0, 0.05) is 37.6 Å². The van der Waals surface area contributed by atoms with Crippen LogP contribution in [-0.2, 0) is 24.4 Å². The van der Waals surface area contributed by atoms with Crippen molar-refractivity contribution >= 4 is 0 Å². The van der Waals surface area contributed by atoms with Gasteiger partial charge >= 0.3 is 0 Å². The van der Waals surface area contributed by atoms with Gasteiger partial charge in [0.1, 0.15) is 18.1 Å². The summed E-state index contributed by atoms with van der Waals surface area (Å²) in [5.74, 6) is 1.66. The van der Waals surface area contributed by atoms with Crippen LogP contribution in [0.1, 0.15) is 49.1 Å². The minimum atomic E-state index is -0.538. The van der Waals surface area contributed by atoms with Crippen molar-refractivity contribution in [2.24, 2.45) is 0 Å². The second kappa shape index (κ2) is 12.1. The van der Waals surface area contributed by atoms with Gasteiger partial charge in [-0.25, -0.2) is 0 Å². The Balaban J connectivity index is 1.39. The molecule has 33 heavy (non-hydrogen) atoms. The van der Waals surface area contributed by atoms with Crippen LogP contribution in [0.25, 0.3) is 0 Å². The van der Waals surface area contributed by atoms with Gasteiger partial charge in [0.05, 0.1) is 26.1 Å². The van der Waals surface area contributed by atoms with Crippen LogP contribution < -0.4 is 4.74 Å². The maximum Gasteiger partial charge on any atom is 0.129 e. The minimum absolute atomic E-state index is 0.300. The van der Waals surface area contributed by atoms with Crippen LogP contribution >= 0.6 is 0 Å². The molecule has 178 valence electrons. The highest BCUT2D eigenvalue weighted by Gasteiger charge is 2.24. The number of aliphatic hydroxyl groups excluding tert-OH is 1. The van der Waals surface area contributed by atoms with E-state index in [2.05, 4.69) is 39.9 Å². The molecule has 2 aromatic heterocycles. The predicted molar refractivity (Wildman–Crippen MR) is 128 cm³/mol. The smallest absolute Gasteiger partial charge is 0.129 e. The van der Waals surface area contributed by atoms with Crippen molar-refractivity contribution in [2.75, 3.05) is 20.3 Å². The molecule has 1 unspecified atom stereocenters. The fourth-order valence-electron chi connectivity index (χ4n) is 4.73.